The van der Waals surface area contributed by atoms with Crippen molar-refractivity contribution in [1.29, 1.82) is 0 Å². The molecule has 1 amide bonds. The Hall–Kier alpha value is -3.23. The molecule has 2 heterocycles. The van der Waals surface area contributed by atoms with Crippen LogP contribution in [0.1, 0.15) is 6.92 Å². The second-order valence-electron chi connectivity index (χ2n) is 4.38. The molecule has 2 aromatic heterocycles. The van der Waals surface area contributed by atoms with Gasteiger partial charge in [-0.3, -0.25) is 10.1 Å². The van der Waals surface area contributed by atoms with Crippen molar-refractivity contribution < 1.29 is 9.32 Å². The topological polar surface area (TPSA) is 106 Å². The summed E-state index contributed by atoms with van der Waals surface area (Å²) in [4.78, 5) is 36.8. The van der Waals surface area contributed by atoms with Gasteiger partial charge in [-0.1, -0.05) is 22.8 Å². The minimum absolute atomic E-state index is 0.000763. The Kier molecular flexibility index (Phi) is 5.03. The summed E-state index contributed by atoms with van der Waals surface area (Å²) in [5.74, 6) is -1.01. The highest BCUT2D eigenvalue weighted by Crippen LogP contribution is 2.14. The molecule has 0 bridgehead atoms. The minimum atomic E-state index is -0.836. The number of carbonyl (C=O) groups excluding carboxylic acids is 1. The molecule has 0 fully saturated rings. The van der Waals surface area contributed by atoms with Gasteiger partial charge in [0.1, 0.15) is 0 Å². The summed E-state index contributed by atoms with van der Waals surface area (Å²) in [6.07, 6.45) is 6.22. The number of anilines is 2. The zero-order valence-electron chi connectivity index (χ0n) is 12.6. The Morgan fingerprint density at radius 2 is 2.00 bits per heavy atom. The normalized spacial score (nSPS) is 10.8. The lowest BCUT2D eigenvalue weighted by Gasteiger charge is -2.19. The van der Waals surface area contributed by atoms with E-state index in [-0.39, 0.29) is 17.7 Å². The zero-order valence-corrected chi connectivity index (χ0v) is 12.6. The highest BCUT2D eigenvalue weighted by molar-refractivity contribution is 5.98. The van der Waals surface area contributed by atoms with E-state index in [1.54, 1.807) is 30.1 Å². The molecule has 9 nitrogen and oxygen atoms in total. The molecule has 0 atom stereocenters. The Balaban J connectivity index is 2.54. The first kappa shape index (κ1) is 16.1. The van der Waals surface area contributed by atoms with E-state index in [2.05, 4.69) is 33.4 Å². The van der Waals surface area contributed by atoms with Gasteiger partial charge >= 0.3 is 5.76 Å². The van der Waals surface area contributed by atoms with Gasteiger partial charge in [-0.25, -0.2) is 4.79 Å². The molecule has 2 rings (SSSR count). The molecular weight excluding hydrogens is 300 g/mol. The van der Waals surface area contributed by atoms with Crippen molar-refractivity contribution in [1.82, 2.24) is 19.5 Å². The van der Waals surface area contributed by atoms with Gasteiger partial charge in [0.2, 0.25) is 11.9 Å². The lowest BCUT2D eigenvalue weighted by atomic mass is 10.4. The van der Waals surface area contributed by atoms with Crippen LogP contribution in [0.3, 0.4) is 0 Å². The van der Waals surface area contributed by atoms with Gasteiger partial charge in [0.15, 0.2) is 0 Å². The fourth-order valence-corrected chi connectivity index (χ4v) is 1.80. The van der Waals surface area contributed by atoms with Crippen molar-refractivity contribution in [2.45, 2.75) is 6.92 Å². The number of amides is 1. The molecule has 0 aliphatic rings. The van der Waals surface area contributed by atoms with Crippen molar-refractivity contribution in [2.24, 2.45) is 0 Å². The van der Waals surface area contributed by atoms with Crippen LogP contribution in [0.25, 0.3) is 5.78 Å². The molecule has 120 valence electrons. The summed E-state index contributed by atoms with van der Waals surface area (Å²) in [6, 6.07) is 0. The van der Waals surface area contributed by atoms with Gasteiger partial charge in [-0.05, 0) is 13.0 Å². The maximum absolute atomic E-state index is 11.7. The van der Waals surface area contributed by atoms with E-state index in [1.165, 1.54) is 6.08 Å². The number of hydrogen-bond acceptors (Lipinski definition) is 7. The molecule has 0 spiro atoms. The lowest BCUT2D eigenvalue weighted by Crippen LogP contribution is -2.26. The van der Waals surface area contributed by atoms with Crippen molar-refractivity contribution >= 4 is 23.6 Å². The maximum Gasteiger partial charge on any atom is 0.462 e. The SMILES string of the molecule is C=CCN(CC=C)c1nc(NC(=O)C=CC)n2oc(=O)nc2n1. The first-order chi connectivity index (χ1) is 11.1. The first-order valence-electron chi connectivity index (χ1n) is 6.77. The second-order valence-corrected chi connectivity index (χ2v) is 4.38. The number of hydrogen-bond donors (Lipinski definition) is 1. The Bertz CT molecular complexity index is 810. The van der Waals surface area contributed by atoms with E-state index in [0.29, 0.717) is 13.1 Å². The van der Waals surface area contributed by atoms with E-state index in [9.17, 15) is 9.59 Å². The molecule has 1 N–H and O–H groups in total. The number of allylic oxidation sites excluding steroid dienone is 1. The average Bonchev–Trinajstić information content (AvgIpc) is 2.88. The molecule has 0 saturated heterocycles. The van der Waals surface area contributed by atoms with E-state index >= 15 is 0 Å². The van der Waals surface area contributed by atoms with Gasteiger partial charge in [0.25, 0.3) is 11.7 Å². The van der Waals surface area contributed by atoms with Crippen LogP contribution < -0.4 is 16.0 Å². The summed E-state index contributed by atoms with van der Waals surface area (Å²) < 4.78 is 5.83. The van der Waals surface area contributed by atoms with Gasteiger partial charge in [0, 0.05) is 13.1 Å². The van der Waals surface area contributed by atoms with E-state index in [0.717, 1.165) is 4.57 Å². The predicted octanol–water partition coefficient (Wildman–Crippen LogP) is 0.770. The summed E-state index contributed by atoms with van der Waals surface area (Å²) in [6.45, 7) is 9.94. The van der Waals surface area contributed by atoms with Gasteiger partial charge < -0.3 is 9.42 Å². The average molecular weight is 316 g/mol. The van der Waals surface area contributed by atoms with Crippen LogP contribution >= 0.6 is 0 Å². The fraction of sp³-hybridized carbons (Fsp3) is 0.214. The Morgan fingerprint density at radius 3 is 2.61 bits per heavy atom. The smallest absolute Gasteiger partial charge is 0.333 e. The summed E-state index contributed by atoms with van der Waals surface area (Å²) in [5, 5.41) is 2.51. The maximum atomic E-state index is 11.7. The van der Waals surface area contributed by atoms with E-state index in [1.807, 2.05) is 0 Å². The summed E-state index contributed by atoms with van der Waals surface area (Å²) >= 11 is 0. The quantitative estimate of drug-likeness (QED) is 0.594. The second kappa shape index (κ2) is 7.16. The molecule has 0 unspecified atom stereocenters. The third-order valence-corrected chi connectivity index (χ3v) is 2.68. The standard InChI is InChI=1S/C14H16N6O3/c1-4-7-10(21)15-12-16-11(19(8-5-2)9-6-3)17-13-18-14(22)23-20(12)13/h4-7H,2-3,8-9H2,1H3,(H,15,16,17,18,21,22). The van der Waals surface area contributed by atoms with Gasteiger partial charge in [-0.15, -0.1) is 18.1 Å². The summed E-state index contributed by atoms with van der Waals surface area (Å²) in [5.41, 5.74) is 0. The molecule has 0 saturated carbocycles. The number of nitrogens with zero attached hydrogens (tertiary/aromatic N) is 5. The van der Waals surface area contributed by atoms with Crippen LogP contribution in [0.5, 0.6) is 0 Å². The fourth-order valence-electron chi connectivity index (χ4n) is 1.80. The predicted molar refractivity (Wildman–Crippen MR) is 85.4 cm³/mol. The molecule has 0 radical (unpaired) electrons. The largest absolute Gasteiger partial charge is 0.462 e. The number of nitrogens with one attached hydrogen (secondary N) is 1. The van der Waals surface area contributed by atoms with Crippen LogP contribution in [0.4, 0.5) is 11.9 Å². The Labute approximate surface area is 131 Å². The Morgan fingerprint density at radius 1 is 1.30 bits per heavy atom. The monoisotopic (exact) mass is 316 g/mol. The number of aromatic nitrogens is 4. The van der Waals surface area contributed by atoms with Crippen LogP contribution in [-0.4, -0.2) is 38.5 Å². The number of fused-ring (bicyclic) bond motifs is 1. The molecule has 23 heavy (non-hydrogen) atoms. The minimum Gasteiger partial charge on any atom is -0.333 e. The van der Waals surface area contributed by atoms with Crippen molar-refractivity contribution in [3.05, 3.63) is 48.0 Å². The molecule has 0 aliphatic heterocycles. The molecular formula is C14H16N6O3. The third kappa shape index (κ3) is 3.70. The number of rotatable bonds is 7. The van der Waals surface area contributed by atoms with Crippen molar-refractivity contribution in [3.8, 4) is 0 Å². The van der Waals surface area contributed by atoms with E-state index < -0.39 is 11.7 Å². The van der Waals surface area contributed by atoms with Crippen LogP contribution in [0, 0.1) is 0 Å². The van der Waals surface area contributed by atoms with Crippen LogP contribution in [0.2, 0.25) is 0 Å². The van der Waals surface area contributed by atoms with Gasteiger partial charge in [0.05, 0.1) is 0 Å². The van der Waals surface area contributed by atoms with Crippen molar-refractivity contribution in [3.63, 3.8) is 0 Å². The van der Waals surface area contributed by atoms with Crippen molar-refractivity contribution in [2.75, 3.05) is 23.3 Å². The first-order valence-corrected chi connectivity index (χ1v) is 6.77. The molecule has 0 aromatic carbocycles. The molecule has 0 aliphatic carbocycles. The highest BCUT2D eigenvalue weighted by atomic mass is 16.5. The third-order valence-electron chi connectivity index (χ3n) is 2.68. The molecule has 2 aromatic rings. The van der Waals surface area contributed by atoms with E-state index in [4.69, 9.17) is 4.52 Å². The summed E-state index contributed by atoms with van der Waals surface area (Å²) in [7, 11) is 0. The van der Waals surface area contributed by atoms with Crippen LogP contribution in [0.15, 0.2) is 46.8 Å². The zero-order chi connectivity index (χ0) is 16.8. The number of carbonyl (C=O) groups is 1. The van der Waals surface area contributed by atoms with Gasteiger partial charge in [-0.2, -0.15) is 9.97 Å². The highest BCUT2D eigenvalue weighted by Gasteiger charge is 2.16. The van der Waals surface area contributed by atoms with Crippen LogP contribution in [-0.2, 0) is 4.79 Å². The lowest BCUT2D eigenvalue weighted by molar-refractivity contribution is -0.112. The molecule has 9 heteroatoms.